The van der Waals surface area contributed by atoms with E-state index in [-0.39, 0.29) is 0 Å². The molecule has 0 saturated heterocycles. The van der Waals surface area contributed by atoms with E-state index in [0.29, 0.717) is 19.0 Å². The Bertz CT molecular complexity index is 970. The molecule has 2 aromatic heterocycles. The van der Waals surface area contributed by atoms with Crippen molar-refractivity contribution in [1.82, 2.24) is 19.9 Å². The molecule has 0 N–H and O–H groups in total. The first-order valence-corrected chi connectivity index (χ1v) is 8.83. The molecule has 0 spiro atoms. The van der Waals surface area contributed by atoms with Crippen LogP contribution in [-0.4, -0.2) is 44.5 Å². The fourth-order valence-electron chi connectivity index (χ4n) is 2.77. The highest BCUT2D eigenvalue weighted by atomic mass is 32.2. The molecule has 0 aliphatic carbocycles. The smallest absolute Gasteiger partial charge is 0.212 e. The highest BCUT2D eigenvalue weighted by Crippen LogP contribution is 2.33. The van der Waals surface area contributed by atoms with Crippen LogP contribution in [0.3, 0.4) is 0 Å². The number of rotatable bonds is 2. The molecule has 124 valence electrons. The summed E-state index contributed by atoms with van der Waals surface area (Å²) < 4.78 is 13.0. The van der Waals surface area contributed by atoms with E-state index in [1.54, 1.807) is 28.8 Å². The number of aromatic nitrogens is 4. The van der Waals surface area contributed by atoms with E-state index < -0.39 is 0 Å². The van der Waals surface area contributed by atoms with Gasteiger partial charge in [0.2, 0.25) is 5.16 Å². The van der Waals surface area contributed by atoms with Gasteiger partial charge in [0.15, 0.2) is 17.3 Å². The zero-order chi connectivity index (χ0) is 16.6. The molecule has 0 atom stereocenters. The highest BCUT2D eigenvalue weighted by molar-refractivity contribution is 7.99. The minimum Gasteiger partial charge on any atom is -0.486 e. The van der Waals surface area contributed by atoms with Crippen molar-refractivity contribution in [2.45, 2.75) is 5.16 Å². The first kappa shape index (κ1) is 14.5. The molecule has 0 fully saturated rings. The summed E-state index contributed by atoms with van der Waals surface area (Å²) in [5, 5.41) is 14.1. The molecular weight excluding hydrogens is 338 g/mol. The van der Waals surface area contributed by atoms with E-state index >= 15 is 0 Å². The summed E-state index contributed by atoms with van der Waals surface area (Å²) in [5.41, 5.74) is 2.89. The first-order valence-electron chi connectivity index (χ1n) is 7.85. The minimum atomic E-state index is 0.569. The average molecular weight is 351 g/mol. The van der Waals surface area contributed by atoms with Gasteiger partial charge >= 0.3 is 0 Å². The van der Waals surface area contributed by atoms with Gasteiger partial charge in [0.05, 0.1) is 5.71 Å². The Balaban J connectivity index is 1.56. The van der Waals surface area contributed by atoms with Crippen molar-refractivity contribution >= 4 is 17.5 Å². The second-order valence-corrected chi connectivity index (χ2v) is 6.49. The van der Waals surface area contributed by atoms with Crippen LogP contribution in [0.15, 0.2) is 53.0 Å². The highest BCUT2D eigenvalue weighted by Gasteiger charge is 2.22. The van der Waals surface area contributed by atoms with Gasteiger partial charge in [-0.05, 0) is 30.3 Å². The molecule has 7 nitrogen and oxygen atoms in total. The van der Waals surface area contributed by atoms with Gasteiger partial charge in [-0.25, -0.2) is 0 Å². The molecule has 3 aromatic rings. The fourth-order valence-corrected chi connectivity index (χ4v) is 3.61. The average Bonchev–Trinajstić information content (AvgIpc) is 3.11. The lowest BCUT2D eigenvalue weighted by molar-refractivity contribution is 0.171. The van der Waals surface area contributed by atoms with Crippen molar-refractivity contribution in [2.24, 2.45) is 5.10 Å². The molecular formula is C17H13N5O2S. The zero-order valence-corrected chi connectivity index (χ0v) is 13.9. The van der Waals surface area contributed by atoms with Crippen LogP contribution in [0.4, 0.5) is 0 Å². The molecule has 4 heterocycles. The van der Waals surface area contributed by atoms with Crippen molar-refractivity contribution < 1.29 is 9.47 Å². The number of nitrogens with zero attached hydrogens (tertiary/aromatic N) is 5. The lowest BCUT2D eigenvalue weighted by Crippen LogP contribution is -2.17. The van der Waals surface area contributed by atoms with Crippen molar-refractivity contribution in [1.29, 1.82) is 0 Å². The standard InChI is InChI=1S/C17H13N5O2S/c1-2-14-15(24-8-7-23-14)9-12(1)13-10-25-17-20-19-16(22(17)21-13)11-3-5-18-6-4-11/h1-6,9H,7-8,10H2. The predicted octanol–water partition coefficient (Wildman–Crippen LogP) is 2.47. The summed E-state index contributed by atoms with van der Waals surface area (Å²) in [5.74, 6) is 2.98. The largest absolute Gasteiger partial charge is 0.486 e. The normalized spacial score (nSPS) is 15.4. The number of benzene rings is 1. The second-order valence-electron chi connectivity index (χ2n) is 5.55. The van der Waals surface area contributed by atoms with Gasteiger partial charge in [0.1, 0.15) is 13.2 Å². The maximum atomic E-state index is 5.68. The number of pyridine rings is 1. The number of fused-ring (bicyclic) bond motifs is 2. The van der Waals surface area contributed by atoms with Crippen LogP contribution in [0.1, 0.15) is 5.56 Å². The van der Waals surface area contributed by atoms with Crippen molar-refractivity contribution in [3.05, 3.63) is 48.3 Å². The van der Waals surface area contributed by atoms with Crippen LogP contribution in [0.5, 0.6) is 11.5 Å². The van der Waals surface area contributed by atoms with Crippen molar-refractivity contribution in [3.63, 3.8) is 0 Å². The maximum Gasteiger partial charge on any atom is 0.212 e. The number of hydrogen-bond donors (Lipinski definition) is 0. The third-order valence-electron chi connectivity index (χ3n) is 3.98. The topological polar surface area (TPSA) is 74.4 Å². The van der Waals surface area contributed by atoms with E-state index in [9.17, 15) is 0 Å². The third-order valence-corrected chi connectivity index (χ3v) is 4.92. The van der Waals surface area contributed by atoms with Crippen LogP contribution in [0.2, 0.25) is 0 Å². The first-order chi connectivity index (χ1) is 12.4. The molecule has 5 rings (SSSR count). The van der Waals surface area contributed by atoms with Crippen LogP contribution in [-0.2, 0) is 0 Å². The van der Waals surface area contributed by atoms with Gasteiger partial charge in [-0.3, -0.25) is 4.98 Å². The minimum absolute atomic E-state index is 0.569. The molecule has 1 aromatic carbocycles. The Hall–Kier alpha value is -2.87. The van der Waals surface area contributed by atoms with E-state index in [0.717, 1.165) is 39.2 Å². The van der Waals surface area contributed by atoms with Gasteiger partial charge in [0, 0.05) is 29.3 Å². The molecule has 0 radical (unpaired) electrons. The predicted molar refractivity (Wildman–Crippen MR) is 93.3 cm³/mol. The quantitative estimate of drug-likeness (QED) is 0.706. The molecule has 0 saturated carbocycles. The Morgan fingerprint density at radius 3 is 2.64 bits per heavy atom. The maximum absolute atomic E-state index is 5.68. The Kier molecular flexibility index (Phi) is 3.41. The van der Waals surface area contributed by atoms with Crippen LogP contribution in [0.25, 0.3) is 11.4 Å². The Labute approximate surface area is 147 Å². The summed E-state index contributed by atoms with van der Waals surface area (Å²) >= 11 is 1.62. The second kappa shape index (κ2) is 5.89. The van der Waals surface area contributed by atoms with E-state index in [2.05, 4.69) is 15.2 Å². The monoisotopic (exact) mass is 351 g/mol. The molecule has 2 aliphatic heterocycles. The summed E-state index contributed by atoms with van der Waals surface area (Å²) in [6, 6.07) is 9.72. The molecule has 2 aliphatic rings. The lowest BCUT2D eigenvalue weighted by atomic mass is 10.1. The number of ether oxygens (including phenoxy) is 2. The summed E-state index contributed by atoms with van der Waals surface area (Å²) in [6.07, 6.45) is 3.47. The Morgan fingerprint density at radius 1 is 0.920 bits per heavy atom. The zero-order valence-electron chi connectivity index (χ0n) is 13.1. The fraction of sp³-hybridized carbons (Fsp3) is 0.176. The molecule has 8 heteroatoms. The van der Waals surface area contributed by atoms with Crippen molar-refractivity contribution in [2.75, 3.05) is 19.0 Å². The van der Waals surface area contributed by atoms with Gasteiger partial charge in [0.25, 0.3) is 0 Å². The number of hydrogen-bond acceptors (Lipinski definition) is 7. The summed E-state index contributed by atoms with van der Waals surface area (Å²) in [4.78, 5) is 4.05. The summed E-state index contributed by atoms with van der Waals surface area (Å²) in [7, 11) is 0. The molecule has 0 amide bonds. The van der Waals surface area contributed by atoms with Crippen LogP contribution < -0.4 is 9.47 Å². The Morgan fingerprint density at radius 2 is 1.76 bits per heavy atom. The van der Waals surface area contributed by atoms with Crippen LogP contribution >= 0.6 is 11.8 Å². The van der Waals surface area contributed by atoms with Gasteiger partial charge in [-0.15, -0.1) is 10.2 Å². The van der Waals surface area contributed by atoms with E-state index in [4.69, 9.17) is 14.6 Å². The van der Waals surface area contributed by atoms with Crippen molar-refractivity contribution in [3.8, 4) is 22.9 Å². The molecule has 0 unspecified atom stereocenters. The van der Waals surface area contributed by atoms with Crippen LogP contribution in [0, 0.1) is 0 Å². The third kappa shape index (κ3) is 2.54. The van der Waals surface area contributed by atoms with Gasteiger partial charge in [-0.2, -0.15) is 9.78 Å². The lowest BCUT2D eigenvalue weighted by Gasteiger charge is -2.20. The molecule has 25 heavy (non-hydrogen) atoms. The van der Waals surface area contributed by atoms with E-state index in [1.807, 2.05) is 30.3 Å². The van der Waals surface area contributed by atoms with Gasteiger partial charge in [-0.1, -0.05) is 11.8 Å². The van der Waals surface area contributed by atoms with E-state index in [1.165, 1.54) is 0 Å². The molecule has 0 bridgehead atoms. The summed E-state index contributed by atoms with van der Waals surface area (Å²) in [6.45, 7) is 1.15. The number of thioether (sulfide) groups is 1. The van der Waals surface area contributed by atoms with Gasteiger partial charge < -0.3 is 9.47 Å². The SMILES string of the molecule is c1cc(-c2nnc3n2N=C(c2ccc4c(c2)OCCO4)CS3)ccn1.